The second-order valence-corrected chi connectivity index (χ2v) is 3.34. The second kappa shape index (κ2) is 4.99. The Bertz CT molecular complexity index is 471. The Morgan fingerprint density at radius 3 is 2.69 bits per heavy atom. The van der Waals surface area contributed by atoms with Gasteiger partial charge in [-0.1, -0.05) is 15.9 Å². The maximum Gasteiger partial charge on any atom is 0.354 e. The van der Waals surface area contributed by atoms with Crippen LogP contribution in [0.1, 0.15) is 33.7 Å². The zero-order valence-electron chi connectivity index (χ0n) is 7.75. The van der Waals surface area contributed by atoms with Crippen LogP contribution in [0.25, 0.3) is 0 Å². The van der Waals surface area contributed by atoms with Crippen molar-refractivity contribution in [2.24, 2.45) is 0 Å². The van der Waals surface area contributed by atoms with Crippen molar-refractivity contribution in [2.75, 3.05) is 0 Å². The average Bonchev–Trinajstić information content (AvgIpc) is 2.26. The van der Waals surface area contributed by atoms with E-state index in [1.54, 1.807) is 6.07 Å². The molecule has 0 aliphatic heterocycles. The third-order valence-electron chi connectivity index (χ3n) is 1.81. The molecule has 0 amide bonds. The highest BCUT2D eigenvalue weighted by Gasteiger charge is 2.21. The summed E-state index contributed by atoms with van der Waals surface area (Å²) in [6.45, 7) is 0. The number of carboxylic acids is 1. The number of aromatic carboxylic acids is 1. The van der Waals surface area contributed by atoms with Gasteiger partial charge in [-0.05, 0) is 11.6 Å². The number of rotatable bonds is 3. The van der Waals surface area contributed by atoms with E-state index in [0.29, 0.717) is 0 Å². The van der Waals surface area contributed by atoms with Gasteiger partial charge in [-0.2, -0.15) is 5.26 Å². The molecule has 7 heteroatoms. The highest BCUT2D eigenvalue weighted by atomic mass is 79.9. The van der Waals surface area contributed by atoms with Gasteiger partial charge in [0.1, 0.15) is 17.5 Å². The van der Waals surface area contributed by atoms with E-state index in [2.05, 4.69) is 20.9 Å². The highest BCUT2D eigenvalue weighted by molar-refractivity contribution is 9.08. The maximum atomic E-state index is 12.6. The third kappa shape index (κ3) is 2.33. The minimum absolute atomic E-state index is 0.110. The van der Waals surface area contributed by atoms with Crippen LogP contribution in [0.4, 0.5) is 8.78 Å². The molecule has 1 aromatic heterocycles. The SMILES string of the molecule is N#Cc1c(CBr)cc(C(=O)O)nc1C(F)F. The Morgan fingerprint density at radius 2 is 2.31 bits per heavy atom. The quantitative estimate of drug-likeness (QED) is 0.868. The standard InChI is InChI=1S/C9H5BrF2N2O2/c10-2-4-1-6(9(15)16)14-7(8(11)12)5(4)3-13/h1,8H,2H2,(H,15,16). The van der Waals surface area contributed by atoms with Gasteiger partial charge < -0.3 is 5.11 Å². The van der Waals surface area contributed by atoms with Crippen molar-refractivity contribution < 1.29 is 18.7 Å². The van der Waals surface area contributed by atoms with E-state index in [9.17, 15) is 13.6 Å². The number of alkyl halides is 3. The molecule has 0 aromatic carbocycles. The molecule has 0 radical (unpaired) electrons. The summed E-state index contributed by atoms with van der Waals surface area (Å²) in [7, 11) is 0. The number of halogens is 3. The molecular weight excluding hydrogens is 286 g/mol. The van der Waals surface area contributed by atoms with Crippen LogP contribution in [-0.2, 0) is 5.33 Å². The predicted octanol–water partition coefficient (Wildman–Crippen LogP) is 2.48. The molecule has 1 aromatic rings. The lowest BCUT2D eigenvalue weighted by atomic mass is 10.1. The smallest absolute Gasteiger partial charge is 0.354 e. The molecular formula is C9H5BrF2N2O2. The van der Waals surface area contributed by atoms with Crippen LogP contribution >= 0.6 is 15.9 Å². The number of hydrogen-bond acceptors (Lipinski definition) is 3. The van der Waals surface area contributed by atoms with Gasteiger partial charge in [-0.3, -0.25) is 0 Å². The van der Waals surface area contributed by atoms with E-state index in [1.165, 1.54) is 0 Å². The van der Waals surface area contributed by atoms with Gasteiger partial charge >= 0.3 is 5.97 Å². The molecule has 84 valence electrons. The van der Waals surface area contributed by atoms with Crippen LogP contribution in [0, 0.1) is 11.3 Å². The van der Waals surface area contributed by atoms with Crippen molar-refractivity contribution in [3.63, 3.8) is 0 Å². The van der Waals surface area contributed by atoms with E-state index in [4.69, 9.17) is 10.4 Å². The Labute approximate surface area is 97.7 Å². The number of carbonyl (C=O) groups is 1. The van der Waals surface area contributed by atoms with E-state index in [1.807, 2.05) is 0 Å². The van der Waals surface area contributed by atoms with Gasteiger partial charge in [0, 0.05) is 5.33 Å². The number of aromatic nitrogens is 1. The fourth-order valence-electron chi connectivity index (χ4n) is 1.12. The van der Waals surface area contributed by atoms with Crippen LogP contribution in [0.2, 0.25) is 0 Å². The molecule has 1 rings (SSSR count). The summed E-state index contributed by atoms with van der Waals surface area (Å²) in [5, 5.41) is 17.5. The monoisotopic (exact) mass is 290 g/mol. The molecule has 4 nitrogen and oxygen atoms in total. The molecule has 1 heterocycles. The largest absolute Gasteiger partial charge is 0.477 e. The normalized spacial score (nSPS) is 10.2. The first-order chi connectivity index (χ1) is 7.51. The van der Waals surface area contributed by atoms with Crippen LogP contribution in [0.15, 0.2) is 6.07 Å². The Balaban J connectivity index is 3.51. The van der Waals surface area contributed by atoms with Crippen molar-refractivity contribution in [3.05, 3.63) is 28.6 Å². The molecule has 0 bridgehead atoms. The Kier molecular flexibility index (Phi) is 3.90. The van der Waals surface area contributed by atoms with Crippen molar-refractivity contribution in [3.8, 4) is 6.07 Å². The van der Waals surface area contributed by atoms with Crippen LogP contribution in [-0.4, -0.2) is 16.1 Å². The van der Waals surface area contributed by atoms with E-state index >= 15 is 0 Å². The van der Waals surface area contributed by atoms with Gasteiger partial charge in [-0.25, -0.2) is 18.6 Å². The molecule has 0 spiro atoms. The highest BCUT2D eigenvalue weighted by Crippen LogP contribution is 2.25. The van der Waals surface area contributed by atoms with Crippen molar-refractivity contribution >= 4 is 21.9 Å². The van der Waals surface area contributed by atoms with E-state index < -0.39 is 23.8 Å². The summed E-state index contributed by atoms with van der Waals surface area (Å²) in [6, 6.07) is 2.70. The lowest BCUT2D eigenvalue weighted by molar-refractivity contribution is 0.0688. The van der Waals surface area contributed by atoms with Crippen LogP contribution in [0.5, 0.6) is 0 Å². The number of nitrogens with zero attached hydrogens (tertiary/aromatic N) is 2. The average molecular weight is 291 g/mol. The number of hydrogen-bond donors (Lipinski definition) is 1. The molecule has 16 heavy (non-hydrogen) atoms. The molecule has 1 N–H and O–H groups in total. The van der Waals surface area contributed by atoms with Crippen molar-refractivity contribution in [1.29, 1.82) is 5.26 Å². The zero-order chi connectivity index (χ0) is 12.3. The molecule has 0 unspecified atom stereocenters. The van der Waals surface area contributed by atoms with Gasteiger partial charge in [0.2, 0.25) is 0 Å². The first-order valence-electron chi connectivity index (χ1n) is 4.02. The minimum Gasteiger partial charge on any atom is -0.477 e. The summed E-state index contributed by atoms with van der Waals surface area (Å²) in [4.78, 5) is 13.9. The van der Waals surface area contributed by atoms with Crippen molar-refractivity contribution in [2.45, 2.75) is 11.8 Å². The fourth-order valence-corrected chi connectivity index (χ4v) is 1.56. The first-order valence-corrected chi connectivity index (χ1v) is 5.14. The van der Waals surface area contributed by atoms with Crippen LogP contribution in [0.3, 0.4) is 0 Å². The predicted molar refractivity (Wildman–Crippen MR) is 53.5 cm³/mol. The lowest BCUT2D eigenvalue weighted by Crippen LogP contribution is -2.08. The summed E-state index contributed by atoms with van der Waals surface area (Å²) in [5.74, 6) is -1.41. The first kappa shape index (κ1) is 12.5. The van der Waals surface area contributed by atoms with E-state index in [0.717, 1.165) is 6.07 Å². The fraction of sp³-hybridized carbons (Fsp3) is 0.222. The Morgan fingerprint density at radius 1 is 1.69 bits per heavy atom. The summed E-state index contributed by atoms with van der Waals surface area (Å²) in [6.07, 6.45) is -2.98. The lowest BCUT2D eigenvalue weighted by Gasteiger charge is -2.07. The van der Waals surface area contributed by atoms with E-state index in [-0.39, 0.29) is 16.5 Å². The van der Waals surface area contributed by atoms with Gasteiger partial charge in [0.15, 0.2) is 0 Å². The number of carboxylic acid groups (broad SMARTS) is 1. The van der Waals surface area contributed by atoms with Crippen LogP contribution < -0.4 is 0 Å². The molecule has 0 aliphatic carbocycles. The number of nitriles is 1. The molecule has 0 saturated heterocycles. The number of pyridine rings is 1. The maximum absolute atomic E-state index is 12.6. The summed E-state index contributed by atoms with van der Waals surface area (Å²) >= 11 is 3.00. The Hall–Kier alpha value is -1.55. The van der Waals surface area contributed by atoms with Gasteiger partial charge in [0.05, 0.1) is 5.56 Å². The minimum atomic E-state index is -2.98. The molecule has 0 aliphatic rings. The molecule has 0 atom stereocenters. The van der Waals surface area contributed by atoms with Gasteiger partial charge in [0.25, 0.3) is 6.43 Å². The second-order valence-electron chi connectivity index (χ2n) is 2.78. The zero-order valence-corrected chi connectivity index (χ0v) is 9.33. The summed E-state index contributed by atoms with van der Waals surface area (Å²) < 4.78 is 25.1. The topological polar surface area (TPSA) is 74.0 Å². The van der Waals surface area contributed by atoms with Crippen molar-refractivity contribution in [1.82, 2.24) is 4.98 Å². The third-order valence-corrected chi connectivity index (χ3v) is 2.41. The molecule has 0 saturated carbocycles. The molecule has 0 fully saturated rings. The summed E-state index contributed by atoms with van der Waals surface area (Å²) in [5.41, 5.74) is -1.39. The van der Waals surface area contributed by atoms with Gasteiger partial charge in [-0.15, -0.1) is 0 Å².